The van der Waals surface area contributed by atoms with Crippen LogP contribution in [0.25, 0.3) is 0 Å². The Morgan fingerprint density at radius 2 is 1.88 bits per heavy atom. The monoisotopic (exact) mass is 352 g/mol. The fourth-order valence-corrected chi connectivity index (χ4v) is 2.39. The largest absolute Gasteiger partial charge is 0.486 e. The summed E-state index contributed by atoms with van der Waals surface area (Å²) in [5.41, 5.74) is 0.687. The number of benzene rings is 2. The van der Waals surface area contributed by atoms with Crippen LogP contribution in [0.1, 0.15) is 21.9 Å². The number of para-hydroxylation sites is 1. The van der Waals surface area contributed by atoms with Crippen molar-refractivity contribution in [2.45, 2.75) is 13.5 Å². The quantitative estimate of drug-likeness (QED) is 0.526. The molecule has 0 unspecified atom stereocenters. The summed E-state index contributed by atoms with van der Waals surface area (Å²) in [6.07, 6.45) is 0. The molecule has 0 saturated carbocycles. The highest BCUT2D eigenvalue weighted by Gasteiger charge is 2.17. The van der Waals surface area contributed by atoms with Crippen LogP contribution < -0.4 is 10.1 Å². The second-order valence-corrected chi connectivity index (χ2v) is 5.53. The Morgan fingerprint density at radius 3 is 2.62 bits per heavy atom. The van der Waals surface area contributed by atoms with E-state index < -0.39 is 10.8 Å². The summed E-state index contributed by atoms with van der Waals surface area (Å²) < 4.78 is 11.1. The molecule has 0 aliphatic carbocycles. The van der Waals surface area contributed by atoms with Crippen LogP contribution in [-0.4, -0.2) is 10.8 Å². The minimum atomic E-state index is -0.489. The highest BCUT2D eigenvalue weighted by atomic mass is 16.6. The summed E-state index contributed by atoms with van der Waals surface area (Å²) in [5.74, 6) is 0.805. The number of carbonyl (C=O) groups excluding carboxylic acids is 1. The molecule has 0 bridgehead atoms. The smallest absolute Gasteiger partial charge is 0.291 e. The van der Waals surface area contributed by atoms with Gasteiger partial charge in [-0.15, -0.1) is 0 Å². The van der Waals surface area contributed by atoms with Crippen LogP contribution in [0.15, 0.2) is 65.1 Å². The van der Waals surface area contributed by atoms with Gasteiger partial charge in [-0.25, -0.2) is 0 Å². The standard InChI is InChI=1S/C19H16N2O5/c1-13-16(8-5-9-17(13)21(23)24)20-19(22)18-11-10-15(26-18)12-25-14-6-3-2-4-7-14/h2-11H,12H2,1H3,(H,20,22). The number of hydrogen-bond acceptors (Lipinski definition) is 5. The Kier molecular flexibility index (Phi) is 4.98. The number of nitrogens with zero attached hydrogens (tertiary/aromatic N) is 1. The Bertz CT molecular complexity index is 934. The predicted molar refractivity (Wildman–Crippen MR) is 95.3 cm³/mol. The number of rotatable bonds is 6. The Balaban J connectivity index is 1.67. The molecular weight excluding hydrogens is 336 g/mol. The average molecular weight is 352 g/mol. The fraction of sp³-hybridized carbons (Fsp3) is 0.105. The highest BCUT2D eigenvalue weighted by Crippen LogP contribution is 2.25. The van der Waals surface area contributed by atoms with Crippen LogP contribution >= 0.6 is 0 Å². The lowest BCUT2D eigenvalue weighted by molar-refractivity contribution is -0.385. The minimum Gasteiger partial charge on any atom is -0.486 e. The number of carbonyl (C=O) groups is 1. The first-order valence-electron chi connectivity index (χ1n) is 7.86. The van der Waals surface area contributed by atoms with Crippen LogP contribution in [0.4, 0.5) is 11.4 Å². The van der Waals surface area contributed by atoms with Gasteiger partial charge in [0.25, 0.3) is 11.6 Å². The van der Waals surface area contributed by atoms with Gasteiger partial charge >= 0.3 is 0 Å². The molecule has 3 aromatic rings. The van der Waals surface area contributed by atoms with Gasteiger partial charge in [0, 0.05) is 6.07 Å². The van der Waals surface area contributed by atoms with Crippen molar-refractivity contribution in [2.24, 2.45) is 0 Å². The number of nitro benzene ring substituents is 1. The molecule has 7 heteroatoms. The van der Waals surface area contributed by atoms with Gasteiger partial charge in [0.2, 0.25) is 0 Å². The van der Waals surface area contributed by atoms with E-state index in [0.717, 1.165) is 0 Å². The first kappa shape index (κ1) is 17.2. The number of anilines is 1. The molecule has 0 atom stereocenters. The SMILES string of the molecule is Cc1c(NC(=O)c2ccc(COc3ccccc3)o2)cccc1[N+](=O)[O-]. The summed E-state index contributed by atoms with van der Waals surface area (Å²) in [7, 11) is 0. The van der Waals surface area contributed by atoms with E-state index in [1.165, 1.54) is 18.2 Å². The molecular formula is C19H16N2O5. The van der Waals surface area contributed by atoms with E-state index in [0.29, 0.717) is 22.8 Å². The van der Waals surface area contributed by atoms with Gasteiger partial charge in [-0.1, -0.05) is 24.3 Å². The minimum absolute atomic E-state index is 0.0563. The van der Waals surface area contributed by atoms with Crippen LogP contribution in [0.2, 0.25) is 0 Å². The lowest BCUT2D eigenvalue weighted by Crippen LogP contribution is -2.12. The molecule has 0 aliphatic rings. The Morgan fingerprint density at radius 1 is 1.12 bits per heavy atom. The maximum absolute atomic E-state index is 12.3. The normalized spacial score (nSPS) is 10.3. The topological polar surface area (TPSA) is 94.6 Å². The van der Waals surface area contributed by atoms with Gasteiger partial charge in [-0.05, 0) is 37.3 Å². The number of nitrogens with one attached hydrogen (secondary N) is 1. The van der Waals surface area contributed by atoms with Crippen molar-refractivity contribution >= 4 is 17.3 Å². The van der Waals surface area contributed by atoms with Gasteiger partial charge in [-0.3, -0.25) is 14.9 Å². The fourth-order valence-electron chi connectivity index (χ4n) is 2.39. The third-order valence-electron chi connectivity index (χ3n) is 3.76. The van der Waals surface area contributed by atoms with Crippen molar-refractivity contribution in [2.75, 3.05) is 5.32 Å². The summed E-state index contributed by atoms with van der Waals surface area (Å²) in [5, 5.41) is 13.6. The molecule has 26 heavy (non-hydrogen) atoms. The molecule has 0 fully saturated rings. The molecule has 132 valence electrons. The van der Waals surface area contributed by atoms with Crippen LogP contribution in [-0.2, 0) is 6.61 Å². The van der Waals surface area contributed by atoms with Gasteiger partial charge < -0.3 is 14.5 Å². The zero-order valence-electron chi connectivity index (χ0n) is 14.0. The second kappa shape index (κ2) is 7.52. The lowest BCUT2D eigenvalue weighted by atomic mass is 10.1. The van der Waals surface area contributed by atoms with Gasteiger partial charge in [0.15, 0.2) is 5.76 Å². The molecule has 0 radical (unpaired) electrons. The molecule has 0 aliphatic heterocycles. The van der Waals surface area contributed by atoms with E-state index >= 15 is 0 Å². The van der Waals surface area contributed by atoms with Crippen LogP contribution in [0, 0.1) is 17.0 Å². The molecule has 2 aromatic carbocycles. The molecule has 0 spiro atoms. The van der Waals surface area contributed by atoms with Crippen LogP contribution in [0.5, 0.6) is 5.75 Å². The summed E-state index contributed by atoms with van der Waals surface area (Å²) >= 11 is 0. The van der Waals surface area contributed by atoms with Gasteiger partial charge in [0.05, 0.1) is 16.2 Å². The zero-order chi connectivity index (χ0) is 18.5. The lowest BCUT2D eigenvalue weighted by Gasteiger charge is -2.07. The molecule has 1 N–H and O–H groups in total. The third-order valence-corrected chi connectivity index (χ3v) is 3.76. The molecule has 1 heterocycles. The Labute approximate surface area is 149 Å². The molecule has 1 amide bonds. The maximum Gasteiger partial charge on any atom is 0.291 e. The number of furan rings is 1. The maximum atomic E-state index is 12.3. The average Bonchev–Trinajstić information content (AvgIpc) is 3.11. The van der Waals surface area contributed by atoms with E-state index in [9.17, 15) is 14.9 Å². The Hall–Kier alpha value is -3.61. The molecule has 0 saturated heterocycles. The number of ether oxygens (including phenoxy) is 1. The van der Waals surface area contributed by atoms with Crippen molar-refractivity contribution in [3.8, 4) is 5.75 Å². The van der Waals surface area contributed by atoms with E-state index in [-0.39, 0.29) is 18.1 Å². The van der Waals surface area contributed by atoms with Gasteiger partial charge in [-0.2, -0.15) is 0 Å². The molecule has 1 aromatic heterocycles. The van der Waals surface area contributed by atoms with E-state index in [2.05, 4.69) is 5.32 Å². The van der Waals surface area contributed by atoms with Crippen molar-refractivity contribution in [1.29, 1.82) is 0 Å². The number of nitro groups is 1. The van der Waals surface area contributed by atoms with Crippen molar-refractivity contribution in [1.82, 2.24) is 0 Å². The molecule has 3 rings (SSSR count). The van der Waals surface area contributed by atoms with Crippen molar-refractivity contribution in [3.63, 3.8) is 0 Å². The van der Waals surface area contributed by atoms with Crippen molar-refractivity contribution in [3.05, 3.63) is 87.9 Å². The summed E-state index contributed by atoms with van der Waals surface area (Å²) in [4.78, 5) is 22.8. The predicted octanol–water partition coefficient (Wildman–Crippen LogP) is 4.33. The molecule has 7 nitrogen and oxygen atoms in total. The van der Waals surface area contributed by atoms with E-state index in [4.69, 9.17) is 9.15 Å². The zero-order valence-corrected chi connectivity index (χ0v) is 14.0. The third kappa shape index (κ3) is 3.89. The van der Waals surface area contributed by atoms with Crippen LogP contribution in [0.3, 0.4) is 0 Å². The summed E-state index contributed by atoms with van der Waals surface area (Å²) in [6, 6.07) is 16.9. The van der Waals surface area contributed by atoms with Crippen molar-refractivity contribution < 1.29 is 18.9 Å². The summed E-state index contributed by atoms with van der Waals surface area (Å²) in [6.45, 7) is 1.77. The second-order valence-electron chi connectivity index (χ2n) is 5.53. The van der Waals surface area contributed by atoms with E-state index in [1.807, 2.05) is 30.3 Å². The first-order chi connectivity index (χ1) is 12.5. The van der Waals surface area contributed by atoms with E-state index in [1.54, 1.807) is 19.1 Å². The highest BCUT2D eigenvalue weighted by molar-refractivity contribution is 6.03. The number of amides is 1. The van der Waals surface area contributed by atoms with Gasteiger partial charge in [0.1, 0.15) is 18.1 Å². The first-order valence-corrected chi connectivity index (χ1v) is 7.86. The number of hydrogen-bond donors (Lipinski definition) is 1.